The molecular weight excluding hydrogens is 144 g/mol. The van der Waals surface area contributed by atoms with Crippen molar-refractivity contribution < 1.29 is 15.0 Å². The molecule has 0 amide bonds. The van der Waals surface area contributed by atoms with E-state index in [2.05, 4.69) is 0 Å². The third-order valence-electron chi connectivity index (χ3n) is 0.815. The zero-order valence-electron chi connectivity index (χ0n) is 4.84. The van der Waals surface area contributed by atoms with Crippen molar-refractivity contribution in [3.8, 4) is 0 Å². The van der Waals surface area contributed by atoms with Gasteiger partial charge in [0.15, 0.2) is 0 Å². The molecule has 0 bridgehead atoms. The van der Waals surface area contributed by atoms with Gasteiger partial charge in [-0.15, -0.1) is 0 Å². The number of carbonyl (C=O) groups is 1. The molecule has 1 atom stereocenters. The van der Waals surface area contributed by atoms with Gasteiger partial charge in [-0.3, -0.25) is 0 Å². The van der Waals surface area contributed by atoms with Crippen molar-refractivity contribution in [1.82, 2.24) is 0 Å². The monoisotopic (exact) mass is 150 g/mol. The number of aliphatic carboxylic acids is 1. The molecule has 0 aliphatic heterocycles. The predicted octanol–water partition coefficient (Wildman–Crippen LogP) is 0.575. The maximum atomic E-state index is 10.1. The first-order valence-corrected chi connectivity index (χ1v) is 2.75. The lowest BCUT2D eigenvalue weighted by Gasteiger charge is -2.00. The molecule has 4 heteroatoms. The van der Waals surface area contributed by atoms with Crippen molar-refractivity contribution >= 4 is 17.6 Å². The highest BCUT2D eigenvalue weighted by atomic mass is 35.5. The molecule has 0 saturated carbocycles. The van der Waals surface area contributed by atoms with Gasteiger partial charge in [-0.1, -0.05) is 11.6 Å². The van der Waals surface area contributed by atoms with Gasteiger partial charge in [0, 0.05) is 5.54 Å². The minimum absolute atomic E-state index is 0.198. The molecule has 0 aromatic rings. The smallest absolute Gasteiger partial charge is 0.335 e. The van der Waals surface area contributed by atoms with Crippen LogP contribution in [0.5, 0.6) is 0 Å². The third kappa shape index (κ3) is 2.49. The number of aliphatic hydroxyl groups is 1. The van der Waals surface area contributed by atoms with Crippen LogP contribution in [0.4, 0.5) is 0 Å². The Morgan fingerprint density at radius 1 is 1.78 bits per heavy atom. The molecule has 0 rings (SSSR count). The summed E-state index contributed by atoms with van der Waals surface area (Å²) < 4.78 is 0. The summed E-state index contributed by atoms with van der Waals surface area (Å²) in [6.07, 6.45) is -1.01. The zero-order valence-corrected chi connectivity index (χ0v) is 5.59. The van der Waals surface area contributed by atoms with Crippen LogP contribution in [-0.4, -0.2) is 22.3 Å². The van der Waals surface area contributed by atoms with E-state index >= 15 is 0 Å². The van der Waals surface area contributed by atoms with Crippen LogP contribution >= 0.6 is 11.6 Å². The van der Waals surface area contributed by atoms with Crippen molar-refractivity contribution in [2.24, 2.45) is 0 Å². The highest BCUT2D eigenvalue weighted by Gasteiger charge is 2.11. The fourth-order valence-electron chi connectivity index (χ4n) is 0.317. The van der Waals surface area contributed by atoms with E-state index < -0.39 is 12.1 Å². The Labute approximate surface area is 57.6 Å². The average Bonchev–Trinajstić information content (AvgIpc) is 1.64. The Kier molecular flexibility index (Phi) is 3.27. The maximum absolute atomic E-state index is 10.1. The van der Waals surface area contributed by atoms with Gasteiger partial charge in [0.2, 0.25) is 0 Å². The first-order valence-electron chi connectivity index (χ1n) is 2.31. The minimum atomic E-state index is -1.19. The minimum Gasteiger partial charge on any atom is -0.478 e. The molecule has 0 heterocycles. The third-order valence-corrected chi connectivity index (χ3v) is 1.05. The molecule has 3 nitrogen and oxygen atoms in total. The van der Waals surface area contributed by atoms with Crippen LogP contribution in [0.15, 0.2) is 11.1 Å². The average molecular weight is 151 g/mol. The number of carboxylic acid groups (broad SMARTS) is 1. The first kappa shape index (κ1) is 8.46. The van der Waals surface area contributed by atoms with Gasteiger partial charge in [-0.25, -0.2) is 4.79 Å². The Morgan fingerprint density at radius 2 is 2.22 bits per heavy atom. The highest BCUT2D eigenvalue weighted by Crippen LogP contribution is 2.02. The van der Waals surface area contributed by atoms with Gasteiger partial charge in [0.1, 0.15) is 0 Å². The second kappa shape index (κ2) is 3.48. The van der Waals surface area contributed by atoms with E-state index in [1.165, 1.54) is 6.92 Å². The molecule has 0 aliphatic carbocycles. The lowest BCUT2D eigenvalue weighted by Crippen LogP contribution is -2.12. The summed E-state index contributed by atoms with van der Waals surface area (Å²) in [5, 5.41) is 16.9. The number of halogens is 1. The zero-order chi connectivity index (χ0) is 7.44. The van der Waals surface area contributed by atoms with Gasteiger partial charge in [-0.2, -0.15) is 0 Å². The van der Waals surface area contributed by atoms with E-state index in [1.807, 2.05) is 0 Å². The highest BCUT2D eigenvalue weighted by molar-refractivity contribution is 6.27. The van der Waals surface area contributed by atoms with E-state index in [0.717, 1.165) is 5.54 Å². The quantitative estimate of drug-likeness (QED) is 0.566. The van der Waals surface area contributed by atoms with Crippen molar-refractivity contribution in [2.45, 2.75) is 13.0 Å². The number of aliphatic hydroxyl groups excluding tert-OH is 1. The topological polar surface area (TPSA) is 57.5 Å². The molecule has 2 N–H and O–H groups in total. The second-order valence-corrected chi connectivity index (χ2v) is 1.76. The molecule has 0 saturated heterocycles. The van der Waals surface area contributed by atoms with Crippen molar-refractivity contribution in [1.29, 1.82) is 0 Å². The number of carboxylic acids is 1. The number of rotatable bonds is 2. The summed E-state index contributed by atoms with van der Waals surface area (Å²) in [5.41, 5.74) is 0.657. The van der Waals surface area contributed by atoms with Crippen LogP contribution in [-0.2, 0) is 4.79 Å². The lowest BCUT2D eigenvalue weighted by molar-refractivity contribution is -0.133. The number of hydrogen-bond donors (Lipinski definition) is 2. The van der Waals surface area contributed by atoms with E-state index in [-0.39, 0.29) is 5.57 Å². The van der Waals surface area contributed by atoms with Crippen LogP contribution in [0, 0.1) is 0 Å². The van der Waals surface area contributed by atoms with Crippen LogP contribution < -0.4 is 0 Å². The SMILES string of the molecule is CC(O)C(=CCl)C(=O)O. The molecule has 0 spiro atoms. The fourth-order valence-corrected chi connectivity index (χ4v) is 0.592. The van der Waals surface area contributed by atoms with Crippen molar-refractivity contribution in [3.63, 3.8) is 0 Å². The summed E-state index contributed by atoms with van der Waals surface area (Å²) in [7, 11) is 0. The lowest BCUT2D eigenvalue weighted by atomic mass is 10.2. The van der Waals surface area contributed by atoms with E-state index in [4.69, 9.17) is 21.8 Å². The molecule has 0 fully saturated rings. The summed E-state index contributed by atoms with van der Waals surface area (Å²) in [5.74, 6) is -1.19. The van der Waals surface area contributed by atoms with Crippen LogP contribution in [0.2, 0.25) is 0 Å². The Balaban J connectivity index is 4.19. The molecule has 0 aromatic carbocycles. The van der Waals surface area contributed by atoms with Gasteiger partial charge in [-0.05, 0) is 6.92 Å². The van der Waals surface area contributed by atoms with E-state index in [9.17, 15) is 4.79 Å². The van der Waals surface area contributed by atoms with Crippen molar-refractivity contribution in [3.05, 3.63) is 11.1 Å². The van der Waals surface area contributed by atoms with Crippen LogP contribution in [0.3, 0.4) is 0 Å². The molecule has 1 unspecified atom stereocenters. The summed E-state index contributed by atoms with van der Waals surface area (Å²) in [4.78, 5) is 10.1. The Hall–Kier alpha value is -0.540. The molecular formula is C5H7ClO3. The van der Waals surface area contributed by atoms with Crippen LogP contribution in [0.1, 0.15) is 6.92 Å². The van der Waals surface area contributed by atoms with E-state index in [1.54, 1.807) is 0 Å². The van der Waals surface area contributed by atoms with Gasteiger partial charge in [0.05, 0.1) is 11.7 Å². The summed E-state index contributed by atoms with van der Waals surface area (Å²) in [6, 6.07) is 0. The van der Waals surface area contributed by atoms with Gasteiger partial charge in [0.25, 0.3) is 0 Å². The first-order chi connectivity index (χ1) is 4.09. The summed E-state index contributed by atoms with van der Waals surface area (Å²) in [6.45, 7) is 1.34. The van der Waals surface area contributed by atoms with E-state index in [0.29, 0.717) is 0 Å². The Bertz CT molecular complexity index is 139. The Morgan fingerprint density at radius 3 is 2.22 bits per heavy atom. The standard InChI is InChI=1S/C5H7ClO3/c1-3(7)4(2-6)5(8)9/h2-3,7H,1H3,(H,8,9). The maximum Gasteiger partial charge on any atom is 0.335 e. The molecule has 52 valence electrons. The fraction of sp³-hybridized carbons (Fsp3) is 0.400. The van der Waals surface area contributed by atoms with Crippen molar-refractivity contribution in [2.75, 3.05) is 0 Å². The molecule has 0 aliphatic rings. The molecule has 0 aromatic heterocycles. The predicted molar refractivity (Wildman–Crippen MR) is 33.3 cm³/mol. The molecule has 9 heavy (non-hydrogen) atoms. The second-order valence-electron chi connectivity index (χ2n) is 1.55. The largest absolute Gasteiger partial charge is 0.478 e. The number of hydrogen-bond acceptors (Lipinski definition) is 2. The normalized spacial score (nSPS) is 15.2. The van der Waals surface area contributed by atoms with Gasteiger partial charge >= 0.3 is 5.97 Å². The summed E-state index contributed by atoms with van der Waals surface area (Å²) >= 11 is 5.05. The van der Waals surface area contributed by atoms with Crippen LogP contribution in [0.25, 0.3) is 0 Å². The van der Waals surface area contributed by atoms with Gasteiger partial charge < -0.3 is 10.2 Å². The molecule has 0 radical (unpaired) electrons.